The van der Waals surface area contributed by atoms with Gasteiger partial charge in [0.25, 0.3) is 10.0 Å². The molecule has 2 heterocycles. The van der Waals surface area contributed by atoms with Gasteiger partial charge in [-0.25, -0.2) is 18.4 Å². The van der Waals surface area contributed by atoms with Crippen molar-refractivity contribution in [1.82, 2.24) is 9.97 Å². The van der Waals surface area contributed by atoms with Gasteiger partial charge in [-0.2, -0.15) is 0 Å². The maximum absolute atomic E-state index is 12.1. The molecule has 96 valence electrons. The number of aromatic nitrogens is 2. The lowest BCUT2D eigenvalue weighted by Gasteiger charge is -2.05. The van der Waals surface area contributed by atoms with Crippen LogP contribution in [0.1, 0.15) is 5.56 Å². The van der Waals surface area contributed by atoms with Crippen molar-refractivity contribution in [1.29, 1.82) is 0 Å². The number of aryl methyl sites for hydroxylation is 1. The van der Waals surface area contributed by atoms with E-state index in [0.29, 0.717) is 0 Å². The number of hydrogen-bond donors (Lipinski definition) is 1. The fraction of sp³-hybridized carbons (Fsp3) is 0.111. The highest BCUT2D eigenvalue weighted by Gasteiger charge is 2.20. The maximum atomic E-state index is 12.1. The third-order valence-electron chi connectivity index (χ3n) is 1.98. The smallest absolute Gasteiger partial charge is 0.260 e. The SMILES string of the molecule is Cc1cc(S(=O)(=O)Nc2nccnc2Cl)sc1Br. The first-order valence-corrected chi connectivity index (χ1v) is 8.12. The molecule has 0 aliphatic heterocycles. The summed E-state index contributed by atoms with van der Waals surface area (Å²) in [6.45, 7) is 1.81. The Hall–Kier alpha value is -0.700. The van der Waals surface area contributed by atoms with Crippen molar-refractivity contribution in [3.63, 3.8) is 0 Å². The third-order valence-corrected chi connectivity index (χ3v) is 6.21. The second-order valence-electron chi connectivity index (χ2n) is 3.32. The Morgan fingerprint density at radius 3 is 2.61 bits per heavy atom. The molecule has 2 aromatic heterocycles. The number of nitrogens with zero attached hydrogens (tertiary/aromatic N) is 2. The molecule has 0 aromatic carbocycles. The molecule has 0 atom stereocenters. The highest BCUT2D eigenvalue weighted by Crippen LogP contribution is 2.31. The summed E-state index contributed by atoms with van der Waals surface area (Å²) < 4.78 is 27.4. The summed E-state index contributed by atoms with van der Waals surface area (Å²) >= 11 is 10.1. The van der Waals surface area contributed by atoms with E-state index in [2.05, 4.69) is 30.6 Å². The Labute approximate surface area is 121 Å². The predicted octanol–water partition coefficient (Wildman–Crippen LogP) is 3.06. The van der Waals surface area contributed by atoms with E-state index in [1.807, 2.05) is 6.92 Å². The van der Waals surface area contributed by atoms with Gasteiger partial charge >= 0.3 is 0 Å². The van der Waals surface area contributed by atoms with E-state index >= 15 is 0 Å². The summed E-state index contributed by atoms with van der Waals surface area (Å²) in [5.41, 5.74) is 0.852. The monoisotopic (exact) mass is 367 g/mol. The summed E-state index contributed by atoms with van der Waals surface area (Å²) in [7, 11) is -3.69. The van der Waals surface area contributed by atoms with E-state index in [1.165, 1.54) is 12.4 Å². The molecule has 5 nitrogen and oxygen atoms in total. The van der Waals surface area contributed by atoms with Crippen LogP contribution in [0.25, 0.3) is 0 Å². The lowest BCUT2D eigenvalue weighted by Crippen LogP contribution is -2.13. The number of rotatable bonds is 3. The molecule has 0 spiro atoms. The average Bonchev–Trinajstić information content (AvgIpc) is 2.63. The Morgan fingerprint density at radius 2 is 2.06 bits per heavy atom. The van der Waals surface area contributed by atoms with Gasteiger partial charge in [0.2, 0.25) is 0 Å². The van der Waals surface area contributed by atoms with Crippen LogP contribution in [0.15, 0.2) is 26.5 Å². The molecule has 0 bridgehead atoms. The Kier molecular flexibility index (Phi) is 3.90. The molecule has 0 aliphatic rings. The van der Waals surface area contributed by atoms with E-state index in [1.54, 1.807) is 6.07 Å². The molecule has 0 aliphatic carbocycles. The van der Waals surface area contributed by atoms with Gasteiger partial charge in [-0.15, -0.1) is 11.3 Å². The van der Waals surface area contributed by atoms with E-state index in [0.717, 1.165) is 20.7 Å². The molecule has 0 unspecified atom stereocenters. The van der Waals surface area contributed by atoms with Gasteiger partial charge in [0.15, 0.2) is 11.0 Å². The van der Waals surface area contributed by atoms with Crippen LogP contribution in [0.4, 0.5) is 5.82 Å². The molecule has 0 saturated heterocycles. The second-order valence-corrected chi connectivity index (χ2v) is 7.96. The zero-order chi connectivity index (χ0) is 13.3. The molecule has 0 amide bonds. The van der Waals surface area contributed by atoms with Gasteiger partial charge in [0.05, 0.1) is 3.79 Å². The summed E-state index contributed by atoms with van der Waals surface area (Å²) in [4.78, 5) is 7.58. The fourth-order valence-electron chi connectivity index (χ4n) is 1.13. The summed E-state index contributed by atoms with van der Waals surface area (Å²) in [5, 5.41) is 0.00780. The fourth-order valence-corrected chi connectivity index (χ4v) is 4.58. The number of nitrogens with one attached hydrogen (secondary N) is 1. The van der Waals surface area contributed by atoms with E-state index in [4.69, 9.17) is 11.6 Å². The molecule has 0 fully saturated rings. The second kappa shape index (κ2) is 5.12. The van der Waals surface area contributed by atoms with E-state index in [9.17, 15) is 8.42 Å². The van der Waals surface area contributed by atoms with Crippen molar-refractivity contribution >= 4 is 54.7 Å². The Balaban J connectivity index is 2.36. The van der Waals surface area contributed by atoms with Gasteiger partial charge < -0.3 is 0 Å². The number of thiophene rings is 1. The molecular formula is C9H7BrClN3O2S2. The van der Waals surface area contributed by atoms with Crippen molar-refractivity contribution < 1.29 is 8.42 Å². The first kappa shape index (κ1) is 13.7. The quantitative estimate of drug-likeness (QED) is 0.903. The first-order chi connectivity index (χ1) is 8.40. The van der Waals surface area contributed by atoms with Crippen molar-refractivity contribution in [3.8, 4) is 0 Å². The standard InChI is InChI=1S/C9H7BrClN3O2S2/c1-5-4-6(17-7(5)10)18(15,16)14-9-8(11)12-2-3-13-9/h2-4H,1H3,(H,13,14). The van der Waals surface area contributed by atoms with Gasteiger partial charge in [-0.3, -0.25) is 4.72 Å². The summed E-state index contributed by atoms with van der Waals surface area (Å²) in [6.07, 6.45) is 2.74. The maximum Gasteiger partial charge on any atom is 0.272 e. The lowest BCUT2D eigenvalue weighted by molar-refractivity contribution is 0.603. The van der Waals surface area contributed by atoms with Crippen LogP contribution in [-0.4, -0.2) is 18.4 Å². The van der Waals surface area contributed by atoms with Gasteiger partial charge in [-0.05, 0) is 34.5 Å². The van der Waals surface area contributed by atoms with Crippen molar-refractivity contribution in [3.05, 3.63) is 33.0 Å². The number of hydrogen-bond acceptors (Lipinski definition) is 5. The van der Waals surface area contributed by atoms with Crippen LogP contribution >= 0.6 is 38.9 Å². The molecule has 18 heavy (non-hydrogen) atoms. The summed E-state index contributed by atoms with van der Waals surface area (Å²) in [6, 6.07) is 1.57. The zero-order valence-electron chi connectivity index (χ0n) is 9.02. The minimum atomic E-state index is -3.69. The van der Waals surface area contributed by atoms with Gasteiger partial charge in [-0.1, -0.05) is 11.6 Å². The van der Waals surface area contributed by atoms with Crippen LogP contribution in [0.2, 0.25) is 5.15 Å². The van der Waals surface area contributed by atoms with Gasteiger partial charge in [0.1, 0.15) is 4.21 Å². The van der Waals surface area contributed by atoms with Gasteiger partial charge in [0, 0.05) is 12.4 Å². The highest BCUT2D eigenvalue weighted by atomic mass is 79.9. The number of halogens is 2. The van der Waals surface area contributed by atoms with Crippen LogP contribution in [0.5, 0.6) is 0 Å². The van der Waals surface area contributed by atoms with Crippen LogP contribution < -0.4 is 4.72 Å². The van der Waals surface area contributed by atoms with Crippen molar-refractivity contribution in [2.75, 3.05) is 4.72 Å². The predicted molar refractivity (Wildman–Crippen MR) is 74.6 cm³/mol. The largest absolute Gasteiger partial charge is 0.272 e. The van der Waals surface area contributed by atoms with Crippen LogP contribution in [0.3, 0.4) is 0 Å². The zero-order valence-corrected chi connectivity index (χ0v) is 13.0. The molecule has 0 radical (unpaired) electrons. The van der Waals surface area contributed by atoms with Crippen LogP contribution in [-0.2, 0) is 10.0 Å². The normalized spacial score (nSPS) is 11.5. The molecule has 9 heteroatoms. The minimum Gasteiger partial charge on any atom is -0.260 e. The van der Waals surface area contributed by atoms with Crippen LogP contribution in [0, 0.1) is 6.92 Å². The van der Waals surface area contributed by atoms with Crippen molar-refractivity contribution in [2.45, 2.75) is 11.1 Å². The summed E-state index contributed by atoms with van der Waals surface area (Å²) in [5.74, 6) is 0.0151. The minimum absolute atomic E-state index is 0.00780. The van der Waals surface area contributed by atoms with E-state index < -0.39 is 10.0 Å². The number of anilines is 1. The Bertz CT molecular complexity index is 667. The topological polar surface area (TPSA) is 72.0 Å². The Morgan fingerprint density at radius 1 is 1.39 bits per heavy atom. The molecule has 2 aromatic rings. The average molecular weight is 369 g/mol. The lowest BCUT2D eigenvalue weighted by atomic mass is 10.4. The van der Waals surface area contributed by atoms with E-state index in [-0.39, 0.29) is 15.2 Å². The highest BCUT2D eigenvalue weighted by molar-refractivity contribution is 9.11. The molecule has 0 saturated carbocycles. The molecule has 1 N–H and O–H groups in total. The third kappa shape index (κ3) is 2.82. The molecule has 2 rings (SSSR count). The molecular weight excluding hydrogens is 362 g/mol. The van der Waals surface area contributed by atoms with Crippen molar-refractivity contribution in [2.24, 2.45) is 0 Å². The first-order valence-electron chi connectivity index (χ1n) is 4.65. The number of sulfonamides is 1.